The number of rotatable bonds is 3. The summed E-state index contributed by atoms with van der Waals surface area (Å²) in [6, 6.07) is 13.8. The van der Waals surface area contributed by atoms with Crippen molar-refractivity contribution in [2.45, 2.75) is 22.9 Å². The van der Waals surface area contributed by atoms with Gasteiger partial charge in [-0.3, -0.25) is 4.79 Å². The quantitative estimate of drug-likeness (QED) is 0.603. The smallest absolute Gasteiger partial charge is 0.240 e. The van der Waals surface area contributed by atoms with Gasteiger partial charge in [0, 0.05) is 17.3 Å². The zero-order valence-electron chi connectivity index (χ0n) is 13.0. The van der Waals surface area contributed by atoms with Gasteiger partial charge < -0.3 is 4.90 Å². The summed E-state index contributed by atoms with van der Waals surface area (Å²) >= 11 is 9.14. The molecule has 0 fully saturated rings. The highest BCUT2D eigenvalue weighted by Crippen LogP contribution is 2.35. The number of para-hydroxylation sites is 1. The highest BCUT2D eigenvalue weighted by molar-refractivity contribution is 8.02. The van der Waals surface area contributed by atoms with Crippen LogP contribution in [0.3, 0.4) is 0 Å². The van der Waals surface area contributed by atoms with Gasteiger partial charge in [-0.15, -0.1) is 11.3 Å². The number of thioether (sulfide) groups is 1. The number of carbonyl (C=O) groups is 1. The van der Waals surface area contributed by atoms with Crippen molar-refractivity contribution in [1.29, 1.82) is 0 Å². The number of thiazole rings is 1. The van der Waals surface area contributed by atoms with Gasteiger partial charge in [-0.2, -0.15) is 0 Å². The molecular formula is C18H15ClN2OS2. The summed E-state index contributed by atoms with van der Waals surface area (Å²) in [4.78, 5) is 19.3. The molecule has 3 aromatic rings. The van der Waals surface area contributed by atoms with Crippen LogP contribution in [0, 0.1) is 0 Å². The SMILES string of the molecule is C[C@@H](Sc1nc2cc(Cl)ccc2s1)C(=O)N1CCc2ccccc21. The molecule has 0 spiro atoms. The molecule has 0 radical (unpaired) electrons. The number of hydrogen-bond acceptors (Lipinski definition) is 4. The van der Waals surface area contributed by atoms with E-state index in [1.807, 2.05) is 48.2 Å². The summed E-state index contributed by atoms with van der Waals surface area (Å²) in [7, 11) is 0. The summed E-state index contributed by atoms with van der Waals surface area (Å²) in [5.41, 5.74) is 3.19. The van der Waals surface area contributed by atoms with Gasteiger partial charge in [0.25, 0.3) is 0 Å². The molecule has 122 valence electrons. The van der Waals surface area contributed by atoms with Crippen molar-refractivity contribution in [1.82, 2.24) is 4.98 Å². The Morgan fingerprint density at radius 3 is 3.04 bits per heavy atom. The first kappa shape index (κ1) is 15.9. The van der Waals surface area contributed by atoms with E-state index in [1.54, 1.807) is 11.3 Å². The average Bonchev–Trinajstić information content (AvgIpc) is 3.17. The van der Waals surface area contributed by atoms with Crippen LogP contribution in [0.5, 0.6) is 0 Å². The zero-order valence-corrected chi connectivity index (χ0v) is 15.4. The van der Waals surface area contributed by atoms with Gasteiger partial charge in [-0.25, -0.2) is 4.98 Å². The Labute approximate surface area is 153 Å². The van der Waals surface area contributed by atoms with Crippen LogP contribution < -0.4 is 4.90 Å². The predicted molar refractivity (Wildman–Crippen MR) is 102 cm³/mol. The highest BCUT2D eigenvalue weighted by atomic mass is 35.5. The Hall–Kier alpha value is -1.56. The Bertz CT molecular complexity index is 924. The van der Waals surface area contributed by atoms with Crippen molar-refractivity contribution in [2.24, 2.45) is 0 Å². The van der Waals surface area contributed by atoms with Crippen LogP contribution in [0.1, 0.15) is 12.5 Å². The van der Waals surface area contributed by atoms with Gasteiger partial charge in [0.2, 0.25) is 5.91 Å². The molecule has 2 aromatic carbocycles. The van der Waals surface area contributed by atoms with Gasteiger partial charge in [-0.05, 0) is 43.2 Å². The second kappa shape index (κ2) is 6.39. The van der Waals surface area contributed by atoms with Crippen LogP contribution in [0.25, 0.3) is 10.2 Å². The van der Waals surface area contributed by atoms with E-state index in [0.717, 1.165) is 33.2 Å². The second-order valence-corrected chi connectivity index (χ2v) is 8.78. The summed E-state index contributed by atoms with van der Waals surface area (Å²) in [5.74, 6) is 0.141. The van der Waals surface area contributed by atoms with Crippen molar-refractivity contribution in [3.8, 4) is 0 Å². The summed E-state index contributed by atoms with van der Waals surface area (Å²) in [6.45, 7) is 2.71. The van der Waals surface area contributed by atoms with Crippen molar-refractivity contribution < 1.29 is 4.79 Å². The lowest BCUT2D eigenvalue weighted by atomic mass is 10.2. The fourth-order valence-corrected chi connectivity index (χ4v) is 5.34. The summed E-state index contributed by atoms with van der Waals surface area (Å²) in [5, 5.41) is 0.509. The number of amides is 1. The van der Waals surface area contributed by atoms with E-state index in [0.29, 0.717) is 5.02 Å². The Kier molecular flexibility index (Phi) is 4.24. The van der Waals surface area contributed by atoms with Crippen LogP contribution in [0.15, 0.2) is 46.8 Å². The molecule has 1 aliphatic rings. The minimum atomic E-state index is -0.174. The van der Waals surface area contributed by atoms with E-state index in [9.17, 15) is 4.79 Å². The maximum Gasteiger partial charge on any atom is 0.240 e. The molecule has 4 rings (SSSR count). The number of anilines is 1. The monoisotopic (exact) mass is 374 g/mol. The normalized spacial score (nSPS) is 14.8. The van der Waals surface area contributed by atoms with Gasteiger partial charge >= 0.3 is 0 Å². The zero-order chi connectivity index (χ0) is 16.7. The maximum absolute atomic E-state index is 12.8. The number of nitrogens with zero attached hydrogens (tertiary/aromatic N) is 2. The molecule has 0 aliphatic carbocycles. The number of aromatic nitrogens is 1. The third kappa shape index (κ3) is 2.92. The lowest BCUT2D eigenvalue weighted by Crippen LogP contribution is -2.35. The molecule has 1 aliphatic heterocycles. The van der Waals surface area contributed by atoms with Crippen molar-refractivity contribution in [3.63, 3.8) is 0 Å². The molecule has 0 N–H and O–H groups in total. The molecule has 24 heavy (non-hydrogen) atoms. The predicted octanol–water partition coefficient (Wildman–Crippen LogP) is 5.02. The fourth-order valence-electron chi connectivity index (χ4n) is 2.92. The molecule has 1 amide bonds. The first-order valence-electron chi connectivity index (χ1n) is 7.74. The molecule has 3 nitrogen and oxygen atoms in total. The molecule has 0 saturated carbocycles. The highest BCUT2D eigenvalue weighted by Gasteiger charge is 2.28. The van der Waals surface area contributed by atoms with Crippen LogP contribution in [-0.2, 0) is 11.2 Å². The lowest BCUT2D eigenvalue weighted by Gasteiger charge is -2.20. The number of carbonyl (C=O) groups excluding carboxylic acids is 1. The maximum atomic E-state index is 12.8. The van der Waals surface area contributed by atoms with E-state index < -0.39 is 0 Å². The van der Waals surface area contributed by atoms with Crippen LogP contribution in [-0.4, -0.2) is 22.7 Å². The Morgan fingerprint density at radius 1 is 1.33 bits per heavy atom. The van der Waals surface area contributed by atoms with Gasteiger partial charge in [-0.1, -0.05) is 41.6 Å². The average molecular weight is 375 g/mol. The molecule has 2 heterocycles. The lowest BCUT2D eigenvalue weighted by molar-refractivity contribution is -0.117. The number of halogens is 1. The number of hydrogen-bond donors (Lipinski definition) is 0. The van der Waals surface area contributed by atoms with Crippen LogP contribution in [0.4, 0.5) is 5.69 Å². The van der Waals surface area contributed by atoms with E-state index in [4.69, 9.17) is 11.6 Å². The third-order valence-corrected chi connectivity index (χ3v) is 6.56. The van der Waals surface area contributed by atoms with E-state index in [-0.39, 0.29) is 11.2 Å². The Morgan fingerprint density at radius 2 is 2.17 bits per heavy atom. The van der Waals surface area contributed by atoms with Gasteiger partial charge in [0.15, 0.2) is 4.34 Å². The van der Waals surface area contributed by atoms with Crippen molar-refractivity contribution in [2.75, 3.05) is 11.4 Å². The molecule has 1 atom stereocenters. The van der Waals surface area contributed by atoms with E-state index >= 15 is 0 Å². The third-order valence-electron chi connectivity index (χ3n) is 4.11. The molecule has 0 bridgehead atoms. The van der Waals surface area contributed by atoms with Crippen molar-refractivity contribution in [3.05, 3.63) is 53.1 Å². The topological polar surface area (TPSA) is 33.2 Å². The van der Waals surface area contributed by atoms with Gasteiger partial charge in [0.1, 0.15) is 0 Å². The van der Waals surface area contributed by atoms with Gasteiger partial charge in [0.05, 0.1) is 15.5 Å². The second-order valence-electron chi connectivity index (χ2n) is 5.72. The number of benzene rings is 2. The first-order valence-corrected chi connectivity index (χ1v) is 9.81. The largest absolute Gasteiger partial charge is 0.311 e. The molecular weight excluding hydrogens is 360 g/mol. The molecule has 0 unspecified atom stereocenters. The van der Waals surface area contributed by atoms with E-state index in [1.165, 1.54) is 17.3 Å². The minimum absolute atomic E-state index is 0.141. The van der Waals surface area contributed by atoms with E-state index in [2.05, 4.69) is 11.1 Å². The minimum Gasteiger partial charge on any atom is -0.311 e. The molecule has 1 aromatic heterocycles. The summed E-state index contributed by atoms with van der Waals surface area (Å²) < 4.78 is 1.99. The standard InChI is InChI=1S/C18H15ClN2OS2/c1-11(17(22)21-9-8-12-4-2-3-5-15(12)21)23-18-20-14-10-13(19)6-7-16(14)24-18/h2-7,10-11H,8-9H2,1H3/t11-/m1/s1. The number of fused-ring (bicyclic) bond motifs is 2. The van der Waals surface area contributed by atoms with Crippen LogP contribution >= 0.6 is 34.7 Å². The first-order chi connectivity index (χ1) is 11.6. The molecule has 6 heteroatoms. The summed E-state index contributed by atoms with van der Waals surface area (Å²) in [6.07, 6.45) is 0.930. The molecule has 0 saturated heterocycles. The van der Waals surface area contributed by atoms with Crippen molar-refractivity contribution >= 4 is 56.5 Å². The Balaban J connectivity index is 1.53. The fraction of sp³-hybridized carbons (Fsp3) is 0.222. The van der Waals surface area contributed by atoms with Crippen LogP contribution in [0.2, 0.25) is 5.02 Å².